The minimum absolute atomic E-state index is 0.163. The second kappa shape index (κ2) is 4.70. The van der Waals surface area contributed by atoms with E-state index in [2.05, 4.69) is 29.0 Å². The van der Waals surface area contributed by atoms with E-state index >= 15 is 0 Å². The van der Waals surface area contributed by atoms with Crippen molar-refractivity contribution in [2.24, 2.45) is 11.8 Å². The van der Waals surface area contributed by atoms with Gasteiger partial charge in [0.2, 0.25) is 5.91 Å². The number of likely N-dealkylation sites (tertiary alicyclic amines) is 2. The third-order valence-electron chi connectivity index (χ3n) is 5.93. The fourth-order valence-electron chi connectivity index (χ4n) is 4.33. The van der Waals surface area contributed by atoms with Crippen LogP contribution in [-0.2, 0) is 4.79 Å². The monoisotopic (exact) mass is 277 g/mol. The van der Waals surface area contributed by atoms with Gasteiger partial charge in [0, 0.05) is 31.2 Å². The highest BCUT2D eigenvalue weighted by Crippen LogP contribution is 2.41. The molecule has 0 radical (unpaired) electrons. The molecule has 0 aromatic carbocycles. The van der Waals surface area contributed by atoms with Crippen LogP contribution in [0, 0.1) is 11.8 Å². The Labute approximate surface area is 121 Å². The Balaban J connectivity index is 1.42. The van der Waals surface area contributed by atoms with Gasteiger partial charge in [0.05, 0.1) is 0 Å². The van der Waals surface area contributed by atoms with Gasteiger partial charge in [-0.1, -0.05) is 0 Å². The zero-order chi connectivity index (χ0) is 13.9. The summed E-state index contributed by atoms with van der Waals surface area (Å²) < 4.78 is 0. The molecule has 1 saturated carbocycles. The quantitative estimate of drug-likeness (QED) is 0.785. The number of fused-ring (bicyclic) bond motifs is 1. The highest BCUT2D eigenvalue weighted by atomic mass is 16.2. The lowest BCUT2D eigenvalue weighted by Crippen LogP contribution is -2.52. The van der Waals surface area contributed by atoms with Crippen LogP contribution in [0.2, 0.25) is 0 Å². The SMILES string of the molecule is CC(C)N1CCC2CCN(C(=O)[C@@H]3N[C@H]3C3CC3)C2C1. The summed E-state index contributed by atoms with van der Waals surface area (Å²) >= 11 is 0. The standard InChI is InChI=1S/C16H27N3O/c1-10(2)18-7-5-11-6-8-19(13(11)9-18)16(20)15-14(17-15)12-3-4-12/h10-15,17H,3-9H2,1-2H3/t11?,13?,14-,15+/m0/s1. The van der Waals surface area contributed by atoms with Crippen molar-refractivity contribution in [1.82, 2.24) is 15.1 Å². The molecule has 3 heterocycles. The van der Waals surface area contributed by atoms with Gasteiger partial charge in [-0.2, -0.15) is 0 Å². The van der Waals surface area contributed by atoms with Gasteiger partial charge in [0.1, 0.15) is 6.04 Å². The molecule has 0 aromatic heterocycles. The van der Waals surface area contributed by atoms with Crippen LogP contribution in [0.3, 0.4) is 0 Å². The Kier molecular flexibility index (Phi) is 3.08. The molecule has 1 amide bonds. The van der Waals surface area contributed by atoms with Gasteiger partial charge < -0.3 is 4.90 Å². The molecule has 0 spiro atoms. The van der Waals surface area contributed by atoms with E-state index in [9.17, 15) is 4.79 Å². The highest BCUT2D eigenvalue weighted by molar-refractivity contribution is 5.86. The molecule has 1 N–H and O–H groups in total. The Morgan fingerprint density at radius 1 is 1.10 bits per heavy atom. The molecule has 1 aliphatic carbocycles. The van der Waals surface area contributed by atoms with Gasteiger partial charge in [-0.25, -0.2) is 0 Å². The summed E-state index contributed by atoms with van der Waals surface area (Å²) in [6.45, 7) is 7.85. The first-order valence-electron chi connectivity index (χ1n) is 8.45. The van der Waals surface area contributed by atoms with Gasteiger partial charge in [-0.3, -0.25) is 15.0 Å². The number of amides is 1. The molecular formula is C16H27N3O. The maximum atomic E-state index is 12.7. The number of nitrogens with one attached hydrogen (secondary N) is 1. The van der Waals surface area contributed by atoms with Crippen molar-refractivity contribution in [1.29, 1.82) is 0 Å². The highest BCUT2D eigenvalue weighted by Gasteiger charge is 2.54. The fourth-order valence-corrected chi connectivity index (χ4v) is 4.33. The Bertz CT molecular complexity index is 407. The molecular weight excluding hydrogens is 250 g/mol. The van der Waals surface area contributed by atoms with Gasteiger partial charge in [0.25, 0.3) is 0 Å². The number of rotatable bonds is 3. The molecule has 4 nitrogen and oxygen atoms in total. The summed E-state index contributed by atoms with van der Waals surface area (Å²) in [4.78, 5) is 17.5. The van der Waals surface area contributed by atoms with Crippen LogP contribution in [0.5, 0.6) is 0 Å². The number of nitrogens with zero attached hydrogens (tertiary/aromatic N) is 2. The van der Waals surface area contributed by atoms with Crippen LogP contribution in [0.15, 0.2) is 0 Å². The summed E-state index contributed by atoms with van der Waals surface area (Å²) in [6.07, 6.45) is 5.16. The smallest absolute Gasteiger partial charge is 0.241 e. The van der Waals surface area contributed by atoms with Crippen molar-refractivity contribution >= 4 is 5.91 Å². The Morgan fingerprint density at radius 2 is 1.85 bits per heavy atom. The fraction of sp³-hybridized carbons (Fsp3) is 0.938. The van der Waals surface area contributed by atoms with Crippen LogP contribution in [-0.4, -0.2) is 59.5 Å². The number of carbonyl (C=O) groups excluding carboxylic acids is 1. The molecule has 0 bridgehead atoms. The molecule has 3 aliphatic heterocycles. The van der Waals surface area contributed by atoms with Crippen molar-refractivity contribution in [2.45, 2.75) is 63.7 Å². The predicted molar refractivity (Wildman–Crippen MR) is 78.4 cm³/mol. The van der Waals surface area contributed by atoms with Crippen LogP contribution >= 0.6 is 0 Å². The minimum atomic E-state index is 0.163. The lowest BCUT2D eigenvalue weighted by atomic mass is 9.91. The summed E-state index contributed by atoms with van der Waals surface area (Å²) in [5.41, 5.74) is 0. The first-order chi connectivity index (χ1) is 9.65. The van der Waals surface area contributed by atoms with E-state index < -0.39 is 0 Å². The van der Waals surface area contributed by atoms with Crippen LogP contribution in [0.1, 0.15) is 39.5 Å². The zero-order valence-corrected chi connectivity index (χ0v) is 12.7. The van der Waals surface area contributed by atoms with E-state index in [0.29, 0.717) is 24.0 Å². The van der Waals surface area contributed by atoms with Crippen molar-refractivity contribution in [3.63, 3.8) is 0 Å². The number of carbonyl (C=O) groups is 1. The van der Waals surface area contributed by atoms with Crippen molar-refractivity contribution < 1.29 is 4.79 Å². The van der Waals surface area contributed by atoms with Crippen molar-refractivity contribution in [3.8, 4) is 0 Å². The van der Waals surface area contributed by atoms with Gasteiger partial charge in [-0.15, -0.1) is 0 Å². The van der Waals surface area contributed by atoms with Crippen molar-refractivity contribution in [2.75, 3.05) is 19.6 Å². The second-order valence-electron chi connectivity index (χ2n) is 7.53. The lowest BCUT2D eigenvalue weighted by molar-refractivity contribution is -0.133. The van der Waals surface area contributed by atoms with Gasteiger partial charge in [-0.05, 0) is 57.9 Å². The number of hydrogen-bond acceptors (Lipinski definition) is 3. The lowest BCUT2D eigenvalue weighted by Gasteiger charge is -2.40. The zero-order valence-electron chi connectivity index (χ0n) is 12.7. The maximum Gasteiger partial charge on any atom is 0.241 e. The van der Waals surface area contributed by atoms with E-state index in [1.807, 2.05) is 0 Å². The normalized spacial score (nSPS) is 41.0. The Hall–Kier alpha value is -0.610. The topological polar surface area (TPSA) is 45.5 Å². The van der Waals surface area contributed by atoms with E-state index in [0.717, 1.165) is 24.9 Å². The molecule has 112 valence electrons. The molecule has 4 heteroatoms. The number of piperidine rings is 1. The average Bonchev–Trinajstić information content (AvgIpc) is 3.31. The van der Waals surface area contributed by atoms with E-state index in [1.165, 1.54) is 32.2 Å². The predicted octanol–water partition coefficient (Wildman–Crippen LogP) is 1.07. The third kappa shape index (κ3) is 2.17. The molecule has 4 atom stereocenters. The second-order valence-corrected chi connectivity index (χ2v) is 7.53. The molecule has 0 aromatic rings. The third-order valence-corrected chi connectivity index (χ3v) is 5.93. The van der Waals surface area contributed by atoms with E-state index in [4.69, 9.17) is 0 Å². The summed E-state index contributed by atoms with van der Waals surface area (Å²) in [5, 5.41) is 3.43. The minimum Gasteiger partial charge on any atom is -0.337 e. The van der Waals surface area contributed by atoms with E-state index in [-0.39, 0.29) is 6.04 Å². The van der Waals surface area contributed by atoms with Gasteiger partial charge >= 0.3 is 0 Å². The maximum absolute atomic E-state index is 12.7. The molecule has 3 saturated heterocycles. The molecule has 4 fully saturated rings. The van der Waals surface area contributed by atoms with Crippen molar-refractivity contribution in [3.05, 3.63) is 0 Å². The first-order valence-corrected chi connectivity index (χ1v) is 8.45. The first kappa shape index (κ1) is 13.1. The van der Waals surface area contributed by atoms with Crippen LogP contribution in [0.4, 0.5) is 0 Å². The summed E-state index contributed by atoms with van der Waals surface area (Å²) in [7, 11) is 0. The van der Waals surface area contributed by atoms with Crippen LogP contribution < -0.4 is 5.32 Å². The largest absolute Gasteiger partial charge is 0.337 e. The number of hydrogen-bond donors (Lipinski definition) is 1. The van der Waals surface area contributed by atoms with Gasteiger partial charge in [0.15, 0.2) is 0 Å². The average molecular weight is 277 g/mol. The summed E-state index contributed by atoms with van der Waals surface area (Å²) in [5.74, 6) is 1.97. The molecule has 20 heavy (non-hydrogen) atoms. The summed E-state index contributed by atoms with van der Waals surface area (Å²) in [6, 6.07) is 1.77. The molecule has 4 aliphatic rings. The van der Waals surface area contributed by atoms with Crippen LogP contribution in [0.25, 0.3) is 0 Å². The molecule has 4 rings (SSSR count). The molecule has 2 unspecified atom stereocenters. The Morgan fingerprint density at radius 3 is 2.55 bits per heavy atom. The van der Waals surface area contributed by atoms with E-state index in [1.54, 1.807) is 0 Å².